The summed E-state index contributed by atoms with van der Waals surface area (Å²) in [6, 6.07) is 15.5. The van der Waals surface area contributed by atoms with E-state index in [2.05, 4.69) is 61.6 Å². The van der Waals surface area contributed by atoms with Gasteiger partial charge in [-0.15, -0.1) is 0 Å². The van der Waals surface area contributed by atoms with E-state index < -0.39 is 0 Å². The van der Waals surface area contributed by atoms with Crippen LogP contribution in [0.15, 0.2) is 59.5 Å². The summed E-state index contributed by atoms with van der Waals surface area (Å²) in [6.45, 7) is 3.91. The predicted molar refractivity (Wildman–Crippen MR) is 125 cm³/mol. The maximum atomic E-state index is 12.5. The summed E-state index contributed by atoms with van der Waals surface area (Å²) in [6.07, 6.45) is 1.61. The van der Waals surface area contributed by atoms with Gasteiger partial charge in [0.2, 0.25) is 5.95 Å². The lowest BCUT2D eigenvalue weighted by Crippen LogP contribution is -2.27. The third-order valence-corrected chi connectivity index (χ3v) is 5.06. The second-order valence-electron chi connectivity index (χ2n) is 7.36. The highest BCUT2D eigenvalue weighted by Crippen LogP contribution is 2.24. The number of H-pyrrole nitrogens is 1. The molecule has 0 bridgehead atoms. The molecule has 2 aromatic heterocycles. The van der Waals surface area contributed by atoms with Gasteiger partial charge in [0.15, 0.2) is 5.65 Å². The molecule has 158 valence electrons. The van der Waals surface area contributed by atoms with Crippen molar-refractivity contribution in [2.24, 2.45) is 0 Å². The SMILES string of the molecule is CNCCN(C)c1ccc(Nc2ncc3nc(-c4ccccc4)c(=O)[nH]c3n2)cc1C. The average Bonchev–Trinajstić information content (AvgIpc) is 2.77. The Morgan fingerprint density at radius 1 is 1.10 bits per heavy atom. The Hall–Kier alpha value is -3.78. The first-order chi connectivity index (χ1) is 15.0. The number of benzene rings is 2. The van der Waals surface area contributed by atoms with Gasteiger partial charge in [-0.1, -0.05) is 30.3 Å². The minimum atomic E-state index is -0.284. The van der Waals surface area contributed by atoms with Crippen LogP contribution in [0, 0.1) is 6.92 Å². The van der Waals surface area contributed by atoms with Gasteiger partial charge in [0.25, 0.3) is 5.56 Å². The lowest BCUT2D eigenvalue weighted by molar-refractivity contribution is 0.766. The van der Waals surface area contributed by atoms with Crippen molar-refractivity contribution >= 4 is 28.5 Å². The normalized spacial score (nSPS) is 10.9. The van der Waals surface area contributed by atoms with E-state index in [0.29, 0.717) is 22.8 Å². The van der Waals surface area contributed by atoms with Crippen molar-refractivity contribution in [2.75, 3.05) is 37.4 Å². The van der Waals surface area contributed by atoms with Crippen LogP contribution in [0.3, 0.4) is 0 Å². The molecule has 8 nitrogen and oxygen atoms in total. The largest absolute Gasteiger partial charge is 0.373 e. The summed E-state index contributed by atoms with van der Waals surface area (Å²) in [7, 11) is 4.02. The van der Waals surface area contributed by atoms with E-state index >= 15 is 0 Å². The molecule has 0 amide bonds. The Labute approximate surface area is 180 Å². The first-order valence-electron chi connectivity index (χ1n) is 10.1. The maximum absolute atomic E-state index is 12.5. The molecule has 0 fully saturated rings. The molecule has 8 heteroatoms. The summed E-state index contributed by atoms with van der Waals surface area (Å²) in [5, 5.41) is 6.37. The number of aromatic amines is 1. The first-order valence-corrected chi connectivity index (χ1v) is 10.1. The minimum absolute atomic E-state index is 0.284. The third-order valence-electron chi connectivity index (χ3n) is 5.06. The first kappa shape index (κ1) is 20.5. The van der Waals surface area contributed by atoms with Gasteiger partial charge in [-0.2, -0.15) is 4.98 Å². The number of aryl methyl sites for hydroxylation is 1. The van der Waals surface area contributed by atoms with E-state index in [1.165, 1.54) is 5.69 Å². The fraction of sp³-hybridized carbons (Fsp3) is 0.217. The van der Waals surface area contributed by atoms with E-state index in [4.69, 9.17) is 0 Å². The molecule has 0 saturated heterocycles. The van der Waals surface area contributed by atoms with Crippen molar-refractivity contribution in [3.05, 3.63) is 70.6 Å². The van der Waals surface area contributed by atoms with Crippen molar-refractivity contribution in [1.29, 1.82) is 0 Å². The number of nitrogens with zero attached hydrogens (tertiary/aromatic N) is 4. The van der Waals surface area contributed by atoms with Crippen molar-refractivity contribution in [1.82, 2.24) is 25.3 Å². The molecule has 4 aromatic rings. The number of hydrogen-bond donors (Lipinski definition) is 3. The molecule has 0 aliphatic carbocycles. The van der Waals surface area contributed by atoms with E-state index in [1.54, 1.807) is 6.20 Å². The van der Waals surface area contributed by atoms with Crippen LogP contribution in [0.2, 0.25) is 0 Å². The molecular formula is C23H25N7O. The molecule has 0 radical (unpaired) electrons. The molecule has 4 rings (SSSR count). The molecule has 0 saturated carbocycles. The molecule has 3 N–H and O–H groups in total. The number of hydrogen-bond acceptors (Lipinski definition) is 7. The zero-order chi connectivity index (χ0) is 21.8. The quantitative estimate of drug-likeness (QED) is 0.427. The Bertz CT molecular complexity index is 1250. The van der Waals surface area contributed by atoms with Crippen LogP contribution in [0.4, 0.5) is 17.3 Å². The van der Waals surface area contributed by atoms with Gasteiger partial charge in [0, 0.05) is 37.1 Å². The van der Waals surface area contributed by atoms with Crippen LogP contribution in [0.1, 0.15) is 5.56 Å². The van der Waals surface area contributed by atoms with E-state index in [1.807, 2.05) is 43.4 Å². The van der Waals surface area contributed by atoms with E-state index in [9.17, 15) is 4.79 Å². The molecule has 31 heavy (non-hydrogen) atoms. The van der Waals surface area contributed by atoms with Gasteiger partial charge < -0.3 is 20.5 Å². The summed E-state index contributed by atoms with van der Waals surface area (Å²) >= 11 is 0. The Balaban J connectivity index is 1.58. The number of nitrogens with one attached hydrogen (secondary N) is 3. The minimum Gasteiger partial charge on any atom is -0.373 e. The van der Waals surface area contributed by atoms with Crippen LogP contribution in [-0.4, -0.2) is 47.1 Å². The van der Waals surface area contributed by atoms with Crippen LogP contribution in [0.25, 0.3) is 22.4 Å². The monoisotopic (exact) mass is 415 g/mol. The number of likely N-dealkylation sites (N-methyl/N-ethyl adjacent to an activating group) is 2. The molecule has 2 heterocycles. The van der Waals surface area contributed by atoms with Gasteiger partial charge in [0.05, 0.1) is 6.20 Å². The summed E-state index contributed by atoms with van der Waals surface area (Å²) in [5.41, 5.74) is 4.93. The van der Waals surface area contributed by atoms with Gasteiger partial charge in [0.1, 0.15) is 11.2 Å². The highest BCUT2D eigenvalue weighted by atomic mass is 16.1. The van der Waals surface area contributed by atoms with Crippen molar-refractivity contribution in [3.8, 4) is 11.3 Å². The summed E-state index contributed by atoms with van der Waals surface area (Å²) < 4.78 is 0. The zero-order valence-corrected chi connectivity index (χ0v) is 17.8. The average molecular weight is 416 g/mol. The highest BCUT2D eigenvalue weighted by molar-refractivity contribution is 5.74. The van der Waals surface area contributed by atoms with Crippen LogP contribution in [0.5, 0.6) is 0 Å². The second kappa shape index (κ2) is 8.93. The van der Waals surface area contributed by atoms with E-state index in [-0.39, 0.29) is 5.56 Å². The lowest BCUT2D eigenvalue weighted by atomic mass is 10.1. The smallest absolute Gasteiger partial charge is 0.276 e. The topological polar surface area (TPSA) is 98.8 Å². The number of fused-ring (bicyclic) bond motifs is 1. The number of anilines is 3. The van der Waals surface area contributed by atoms with Crippen molar-refractivity contribution in [2.45, 2.75) is 6.92 Å². The van der Waals surface area contributed by atoms with Gasteiger partial charge >= 0.3 is 0 Å². The molecule has 0 atom stereocenters. The highest BCUT2D eigenvalue weighted by Gasteiger charge is 2.10. The number of aromatic nitrogens is 4. The molecule has 0 unspecified atom stereocenters. The zero-order valence-electron chi connectivity index (χ0n) is 17.8. The second-order valence-corrected chi connectivity index (χ2v) is 7.36. The summed E-state index contributed by atoms with van der Waals surface area (Å²) in [4.78, 5) is 30.8. The molecule has 0 spiro atoms. The maximum Gasteiger partial charge on any atom is 0.276 e. The standard InChI is InChI=1S/C23H25N7O/c1-15-13-17(9-10-19(15)30(3)12-11-24-2)26-23-25-14-18-21(29-23)28-22(31)20(27-18)16-7-5-4-6-8-16/h4-10,13-14,24H,11-12H2,1-3H3,(H2,25,26,28,29,31). The Kier molecular flexibility index (Phi) is 5.90. The predicted octanol–water partition coefficient (Wildman–Crippen LogP) is 3.09. The lowest BCUT2D eigenvalue weighted by Gasteiger charge is -2.22. The Morgan fingerprint density at radius 3 is 2.65 bits per heavy atom. The van der Waals surface area contributed by atoms with Crippen molar-refractivity contribution in [3.63, 3.8) is 0 Å². The van der Waals surface area contributed by atoms with Crippen LogP contribution < -0.4 is 21.1 Å². The molecular weight excluding hydrogens is 390 g/mol. The number of rotatable bonds is 7. The fourth-order valence-electron chi connectivity index (χ4n) is 3.43. The van der Waals surface area contributed by atoms with Crippen LogP contribution >= 0.6 is 0 Å². The van der Waals surface area contributed by atoms with Gasteiger partial charge in [-0.25, -0.2) is 9.97 Å². The van der Waals surface area contributed by atoms with Gasteiger partial charge in [-0.3, -0.25) is 4.79 Å². The van der Waals surface area contributed by atoms with Gasteiger partial charge in [-0.05, 0) is 37.7 Å². The third kappa shape index (κ3) is 4.54. The van der Waals surface area contributed by atoms with Crippen LogP contribution in [-0.2, 0) is 0 Å². The van der Waals surface area contributed by atoms with Crippen molar-refractivity contribution < 1.29 is 0 Å². The molecule has 0 aliphatic heterocycles. The molecule has 0 aliphatic rings. The summed E-state index contributed by atoms with van der Waals surface area (Å²) in [5.74, 6) is 0.396. The van der Waals surface area contributed by atoms with E-state index in [0.717, 1.165) is 29.9 Å². The fourth-order valence-corrected chi connectivity index (χ4v) is 3.43. The Morgan fingerprint density at radius 2 is 1.90 bits per heavy atom. The molecule has 2 aromatic carbocycles.